The van der Waals surface area contributed by atoms with Crippen molar-refractivity contribution >= 4 is 5.97 Å². The molecule has 0 saturated carbocycles. The number of nitrogens with two attached hydrogens (primary N) is 1. The minimum absolute atomic E-state index is 0.118. The summed E-state index contributed by atoms with van der Waals surface area (Å²) in [5.41, 5.74) is 6.85. The molecule has 0 radical (unpaired) electrons. The van der Waals surface area contributed by atoms with Gasteiger partial charge in [-0.15, -0.1) is 0 Å². The molecule has 0 amide bonds. The van der Waals surface area contributed by atoms with Crippen molar-refractivity contribution < 1.29 is 13.9 Å². The molecule has 0 saturated heterocycles. The number of rotatable bonds is 4. The Bertz CT molecular complexity index is 330. The average molecular weight is 211 g/mol. The Labute approximate surface area is 89.4 Å². The molecule has 0 aliphatic heterocycles. The van der Waals surface area contributed by atoms with Gasteiger partial charge in [-0.2, -0.15) is 0 Å². The Morgan fingerprint density at radius 1 is 1.67 bits per heavy atom. The maximum atomic E-state index is 11.2. The fraction of sp³-hybridized carbons (Fsp3) is 0.545. The standard InChI is InChI=1S/C11H17NO3/c1-7-4-5-15-11(7)9(8(2)12)6-10(13)14-3/h4-5,8-9H,6,12H2,1-3H3. The van der Waals surface area contributed by atoms with Crippen LogP contribution in [0, 0.1) is 6.92 Å². The summed E-state index contributed by atoms with van der Waals surface area (Å²) in [7, 11) is 1.37. The van der Waals surface area contributed by atoms with Crippen LogP contribution in [0.5, 0.6) is 0 Å². The highest BCUT2D eigenvalue weighted by Crippen LogP contribution is 2.26. The fourth-order valence-corrected chi connectivity index (χ4v) is 1.54. The number of methoxy groups -OCH3 is 1. The molecule has 2 N–H and O–H groups in total. The molecule has 0 aliphatic carbocycles. The SMILES string of the molecule is COC(=O)CC(c1occc1C)C(C)N. The van der Waals surface area contributed by atoms with Crippen LogP contribution >= 0.6 is 0 Å². The van der Waals surface area contributed by atoms with Crippen molar-refractivity contribution in [3.8, 4) is 0 Å². The summed E-state index contributed by atoms with van der Waals surface area (Å²) in [5.74, 6) is 0.385. The lowest BCUT2D eigenvalue weighted by atomic mass is 9.93. The summed E-state index contributed by atoms with van der Waals surface area (Å²) in [4.78, 5) is 11.2. The van der Waals surface area contributed by atoms with Crippen molar-refractivity contribution in [3.63, 3.8) is 0 Å². The third-order valence-corrected chi connectivity index (χ3v) is 2.49. The number of hydrogen-bond donors (Lipinski definition) is 1. The van der Waals surface area contributed by atoms with Gasteiger partial charge in [0.15, 0.2) is 0 Å². The van der Waals surface area contributed by atoms with Crippen molar-refractivity contribution in [2.45, 2.75) is 32.2 Å². The molecule has 1 rings (SSSR count). The van der Waals surface area contributed by atoms with E-state index in [1.54, 1.807) is 6.26 Å². The van der Waals surface area contributed by atoms with Crippen molar-refractivity contribution in [1.29, 1.82) is 0 Å². The lowest BCUT2D eigenvalue weighted by Gasteiger charge is -2.18. The third-order valence-electron chi connectivity index (χ3n) is 2.49. The van der Waals surface area contributed by atoms with E-state index < -0.39 is 0 Å². The van der Waals surface area contributed by atoms with Gasteiger partial charge in [0.1, 0.15) is 5.76 Å². The van der Waals surface area contributed by atoms with Crippen LogP contribution in [0.15, 0.2) is 16.7 Å². The molecule has 0 aromatic carbocycles. The van der Waals surface area contributed by atoms with E-state index >= 15 is 0 Å². The second kappa shape index (κ2) is 4.98. The monoisotopic (exact) mass is 211 g/mol. The van der Waals surface area contributed by atoms with Crippen LogP contribution in [0.2, 0.25) is 0 Å². The van der Waals surface area contributed by atoms with Crippen LogP contribution in [0.3, 0.4) is 0 Å². The number of carbonyl (C=O) groups is 1. The molecule has 1 aromatic rings. The van der Waals surface area contributed by atoms with E-state index in [0.29, 0.717) is 0 Å². The summed E-state index contributed by atoms with van der Waals surface area (Å²) in [6.45, 7) is 3.79. The van der Waals surface area contributed by atoms with Crippen LogP contribution in [0.25, 0.3) is 0 Å². The highest BCUT2D eigenvalue weighted by Gasteiger charge is 2.24. The Morgan fingerprint density at radius 2 is 2.33 bits per heavy atom. The number of ether oxygens (including phenoxy) is 1. The normalized spacial score (nSPS) is 14.7. The first-order valence-corrected chi connectivity index (χ1v) is 4.92. The first-order chi connectivity index (χ1) is 7.06. The van der Waals surface area contributed by atoms with Gasteiger partial charge in [-0.05, 0) is 25.5 Å². The molecule has 15 heavy (non-hydrogen) atoms. The molecule has 84 valence electrons. The molecular formula is C11H17NO3. The maximum Gasteiger partial charge on any atom is 0.306 e. The summed E-state index contributed by atoms with van der Waals surface area (Å²) < 4.78 is 9.98. The van der Waals surface area contributed by atoms with E-state index in [0.717, 1.165) is 11.3 Å². The minimum atomic E-state index is -0.270. The molecule has 2 atom stereocenters. The van der Waals surface area contributed by atoms with E-state index in [-0.39, 0.29) is 24.3 Å². The highest BCUT2D eigenvalue weighted by atomic mass is 16.5. The van der Waals surface area contributed by atoms with Crippen LogP contribution < -0.4 is 5.73 Å². The number of hydrogen-bond acceptors (Lipinski definition) is 4. The quantitative estimate of drug-likeness (QED) is 0.768. The lowest BCUT2D eigenvalue weighted by molar-refractivity contribution is -0.141. The number of aryl methyl sites for hydroxylation is 1. The van der Waals surface area contributed by atoms with Crippen LogP contribution in [-0.2, 0) is 9.53 Å². The van der Waals surface area contributed by atoms with Crippen LogP contribution in [0.4, 0.5) is 0 Å². The number of carbonyl (C=O) groups excluding carboxylic acids is 1. The van der Waals surface area contributed by atoms with Gasteiger partial charge in [-0.25, -0.2) is 0 Å². The van der Waals surface area contributed by atoms with Crippen LogP contribution in [0.1, 0.15) is 30.6 Å². The lowest BCUT2D eigenvalue weighted by Crippen LogP contribution is -2.27. The molecule has 1 heterocycles. The Kier molecular flexibility index (Phi) is 3.91. The predicted molar refractivity (Wildman–Crippen MR) is 56.5 cm³/mol. The largest absolute Gasteiger partial charge is 0.469 e. The van der Waals surface area contributed by atoms with E-state index in [4.69, 9.17) is 10.2 Å². The first kappa shape index (κ1) is 11.8. The van der Waals surface area contributed by atoms with E-state index in [9.17, 15) is 4.79 Å². The topological polar surface area (TPSA) is 65.5 Å². The second-order valence-corrected chi connectivity index (χ2v) is 3.71. The zero-order chi connectivity index (χ0) is 11.4. The highest BCUT2D eigenvalue weighted by molar-refractivity contribution is 5.70. The predicted octanol–water partition coefficient (Wildman–Crippen LogP) is 1.58. The molecule has 0 bridgehead atoms. The summed E-state index contributed by atoms with van der Waals surface area (Å²) in [6, 6.07) is 1.72. The Hall–Kier alpha value is -1.29. The van der Waals surface area contributed by atoms with Gasteiger partial charge in [0, 0.05) is 12.0 Å². The van der Waals surface area contributed by atoms with Gasteiger partial charge < -0.3 is 14.9 Å². The van der Waals surface area contributed by atoms with Crippen molar-refractivity contribution in [3.05, 3.63) is 23.7 Å². The van der Waals surface area contributed by atoms with E-state index in [1.165, 1.54) is 7.11 Å². The molecule has 4 nitrogen and oxygen atoms in total. The first-order valence-electron chi connectivity index (χ1n) is 4.92. The second-order valence-electron chi connectivity index (χ2n) is 3.71. The van der Waals surface area contributed by atoms with Gasteiger partial charge in [0.2, 0.25) is 0 Å². The summed E-state index contributed by atoms with van der Waals surface area (Å²) in [6.07, 6.45) is 1.86. The van der Waals surface area contributed by atoms with Gasteiger partial charge in [0.25, 0.3) is 0 Å². The number of esters is 1. The van der Waals surface area contributed by atoms with Gasteiger partial charge in [0.05, 0.1) is 19.8 Å². The minimum Gasteiger partial charge on any atom is -0.469 e. The molecule has 0 aliphatic rings. The fourth-order valence-electron chi connectivity index (χ4n) is 1.54. The molecule has 2 unspecified atom stereocenters. The number of furan rings is 1. The van der Waals surface area contributed by atoms with Crippen molar-refractivity contribution in [1.82, 2.24) is 0 Å². The molecular weight excluding hydrogens is 194 g/mol. The van der Waals surface area contributed by atoms with Gasteiger partial charge in [-0.1, -0.05) is 0 Å². The van der Waals surface area contributed by atoms with Crippen molar-refractivity contribution in [2.24, 2.45) is 5.73 Å². The zero-order valence-electron chi connectivity index (χ0n) is 9.32. The molecule has 0 spiro atoms. The van der Waals surface area contributed by atoms with Crippen molar-refractivity contribution in [2.75, 3.05) is 7.11 Å². The summed E-state index contributed by atoms with van der Waals surface area (Å²) in [5, 5.41) is 0. The third kappa shape index (κ3) is 2.83. The van der Waals surface area contributed by atoms with E-state index in [1.807, 2.05) is 19.9 Å². The van der Waals surface area contributed by atoms with Gasteiger partial charge in [-0.3, -0.25) is 4.79 Å². The summed E-state index contributed by atoms with van der Waals surface area (Å²) >= 11 is 0. The Balaban J connectivity index is 2.84. The van der Waals surface area contributed by atoms with Gasteiger partial charge >= 0.3 is 5.97 Å². The van der Waals surface area contributed by atoms with E-state index in [2.05, 4.69) is 4.74 Å². The molecule has 1 aromatic heterocycles. The van der Waals surface area contributed by atoms with Crippen LogP contribution in [-0.4, -0.2) is 19.1 Å². The molecule has 0 fully saturated rings. The average Bonchev–Trinajstić information content (AvgIpc) is 2.60. The molecule has 4 heteroatoms. The zero-order valence-corrected chi connectivity index (χ0v) is 9.32. The smallest absolute Gasteiger partial charge is 0.306 e. The maximum absolute atomic E-state index is 11.2. The Morgan fingerprint density at radius 3 is 2.73 bits per heavy atom.